The normalized spacial score (nSPS) is 15.1. The largest absolute Gasteiger partial charge is 0.497 e. The van der Waals surface area contributed by atoms with Crippen molar-refractivity contribution in [1.29, 1.82) is 0 Å². The van der Waals surface area contributed by atoms with Crippen molar-refractivity contribution in [2.45, 2.75) is 32.8 Å². The maximum atomic E-state index is 5.01. The number of hydrogen-bond acceptors (Lipinski definition) is 6. The topological polar surface area (TPSA) is 67.8 Å². The van der Waals surface area contributed by atoms with Crippen molar-refractivity contribution in [3.05, 3.63) is 83.6 Å². The molecule has 190 valence electrons. The van der Waals surface area contributed by atoms with Gasteiger partial charge in [0.1, 0.15) is 11.6 Å². The average Bonchev–Trinajstić information content (AvgIpc) is 2.89. The van der Waals surface area contributed by atoms with Crippen LogP contribution in [0.1, 0.15) is 42.9 Å². The molecule has 1 atom stereocenters. The molecule has 0 saturated carbocycles. The van der Waals surface area contributed by atoms with Gasteiger partial charge in [0, 0.05) is 43.7 Å². The highest BCUT2D eigenvalue weighted by molar-refractivity contribution is 7.27. The Labute approximate surface area is 217 Å². The van der Waals surface area contributed by atoms with E-state index in [1.807, 2.05) is 42.7 Å². The number of pyridine rings is 1. The number of hydrogen-bond donors (Lipinski definition) is 2. The molecule has 3 aromatic rings. The minimum atomic E-state index is 0.657. The van der Waals surface area contributed by atoms with Crippen LogP contribution in [-0.2, 0) is 11.3 Å². The molecule has 0 spiro atoms. The molecule has 0 fully saturated rings. The number of ether oxygens (including phenoxy) is 2. The highest BCUT2D eigenvalue weighted by Gasteiger charge is 2.13. The number of nitrogens with one attached hydrogen (secondary N) is 2. The van der Waals surface area contributed by atoms with Crippen LogP contribution < -0.4 is 20.7 Å². The second-order valence-electron chi connectivity index (χ2n) is 8.36. The van der Waals surface area contributed by atoms with Gasteiger partial charge in [-0.2, -0.15) is 0 Å². The van der Waals surface area contributed by atoms with E-state index >= 15 is 0 Å². The van der Waals surface area contributed by atoms with Gasteiger partial charge >= 0.3 is 0 Å². The minimum absolute atomic E-state index is 0.657. The molecule has 1 aliphatic rings. The van der Waals surface area contributed by atoms with Gasteiger partial charge in [-0.3, -0.25) is 4.99 Å². The van der Waals surface area contributed by atoms with Crippen molar-refractivity contribution in [3.63, 3.8) is 0 Å². The highest BCUT2D eigenvalue weighted by Crippen LogP contribution is 2.27. The Morgan fingerprint density at radius 3 is 2.47 bits per heavy atom. The van der Waals surface area contributed by atoms with E-state index in [1.54, 1.807) is 14.2 Å². The Bertz CT molecular complexity index is 1130. The molecule has 2 aromatic carbocycles. The van der Waals surface area contributed by atoms with E-state index in [9.17, 15) is 0 Å². The zero-order valence-corrected chi connectivity index (χ0v) is 22.6. The van der Waals surface area contributed by atoms with Crippen LogP contribution in [0.4, 0.5) is 5.82 Å². The lowest BCUT2D eigenvalue weighted by atomic mass is 10.0. The van der Waals surface area contributed by atoms with Gasteiger partial charge in [0.2, 0.25) is 0 Å². The summed E-state index contributed by atoms with van der Waals surface area (Å²) >= 11 is 0. The molecular weight excluding hydrogens is 467 g/mol. The molecular formula is C29H37N4O2P. The van der Waals surface area contributed by atoms with Crippen molar-refractivity contribution in [3.8, 4) is 5.75 Å². The SMILES string of the molecule is CCCNc1cc(/C2=C(\c3ccc(P)cc3)N=CCCCN2)ccn1.COCc1ccc(OC)cc1. The fourth-order valence-corrected chi connectivity index (χ4v) is 3.83. The van der Waals surface area contributed by atoms with Gasteiger partial charge in [-0.25, -0.2) is 4.98 Å². The van der Waals surface area contributed by atoms with Gasteiger partial charge in [0.15, 0.2) is 0 Å². The summed E-state index contributed by atoms with van der Waals surface area (Å²) in [6, 6.07) is 20.4. The second-order valence-corrected chi connectivity index (χ2v) is 9.03. The Hall–Kier alpha value is -3.21. The Kier molecular flexibility index (Phi) is 11.4. The van der Waals surface area contributed by atoms with Gasteiger partial charge in [-0.05, 0) is 54.4 Å². The number of methoxy groups -OCH3 is 2. The van der Waals surface area contributed by atoms with E-state index in [-0.39, 0.29) is 0 Å². The molecule has 1 unspecified atom stereocenters. The van der Waals surface area contributed by atoms with Crippen LogP contribution in [0.5, 0.6) is 5.75 Å². The average molecular weight is 505 g/mol. The third-order valence-electron chi connectivity index (χ3n) is 5.53. The third-order valence-corrected chi connectivity index (χ3v) is 5.91. The molecule has 2 heterocycles. The van der Waals surface area contributed by atoms with E-state index in [1.165, 1.54) is 5.30 Å². The number of benzene rings is 2. The summed E-state index contributed by atoms with van der Waals surface area (Å²) in [5.41, 5.74) is 5.43. The molecule has 36 heavy (non-hydrogen) atoms. The van der Waals surface area contributed by atoms with Gasteiger partial charge in [-0.15, -0.1) is 9.24 Å². The van der Waals surface area contributed by atoms with Crippen LogP contribution >= 0.6 is 9.24 Å². The zero-order chi connectivity index (χ0) is 25.6. The van der Waals surface area contributed by atoms with E-state index in [4.69, 9.17) is 14.5 Å². The minimum Gasteiger partial charge on any atom is -0.497 e. The molecule has 0 radical (unpaired) electrons. The van der Waals surface area contributed by atoms with E-state index < -0.39 is 0 Å². The smallest absolute Gasteiger partial charge is 0.126 e. The standard InChI is InChI=1S/C20H25N4P.C9H12O2/c1-2-10-21-18-14-16(9-13-22-18)20-19(23-11-3-4-12-24-20)15-5-7-17(25)8-6-15;1-10-7-8-3-5-9(11-2)6-4-8/h5-9,11,13-14,24H,2-4,10,12,25H2,1H3,(H,21,22);3-6H,7H2,1-2H3/b20-19-,23-11?;. The van der Waals surface area contributed by atoms with Crippen molar-refractivity contribution in [2.75, 3.05) is 32.6 Å². The summed E-state index contributed by atoms with van der Waals surface area (Å²) in [6.45, 7) is 4.67. The summed E-state index contributed by atoms with van der Waals surface area (Å²) in [4.78, 5) is 9.20. The van der Waals surface area contributed by atoms with Gasteiger partial charge < -0.3 is 20.1 Å². The zero-order valence-electron chi connectivity index (χ0n) is 21.5. The first kappa shape index (κ1) is 27.4. The van der Waals surface area contributed by atoms with Crippen molar-refractivity contribution < 1.29 is 9.47 Å². The van der Waals surface area contributed by atoms with E-state index in [2.05, 4.69) is 62.1 Å². The fraction of sp³-hybridized carbons (Fsp3) is 0.310. The lowest BCUT2D eigenvalue weighted by molar-refractivity contribution is 0.185. The highest BCUT2D eigenvalue weighted by atomic mass is 31.0. The number of anilines is 1. The van der Waals surface area contributed by atoms with Gasteiger partial charge in [0.25, 0.3) is 0 Å². The maximum absolute atomic E-state index is 5.01. The first-order valence-corrected chi connectivity index (χ1v) is 12.9. The summed E-state index contributed by atoms with van der Waals surface area (Å²) in [6.07, 6.45) is 7.03. The Balaban J connectivity index is 0.000000275. The quantitative estimate of drug-likeness (QED) is 0.395. The molecule has 1 aromatic heterocycles. The molecule has 1 aliphatic heterocycles. The maximum Gasteiger partial charge on any atom is 0.126 e. The summed E-state index contributed by atoms with van der Waals surface area (Å²) in [7, 11) is 6.07. The lowest BCUT2D eigenvalue weighted by Crippen LogP contribution is -2.17. The van der Waals surface area contributed by atoms with Gasteiger partial charge in [0.05, 0.1) is 25.1 Å². The molecule has 0 aliphatic carbocycles. The summed E-state index contributed by atoms with van der Waals surface area (Å²) < 4.78 is 9.97. The molecule has 0 bridgehead atoms. The van der Waals surface area contributed by atoms with Crippen molar-refractivity contribution >= 4 is 38.0 Å². The van der Waals surface area contributed by atoms with Crippen molar-refractivity contribution in [2.24, 2.45) is 4.99 Å². The monoisotopic (exact) mass is 504 g/mol. The Morgan fingerprint density at radius 2 is 1.78 bits per heavy atom. The predicted molar refractivity (Wildman–Crippen MR) is 155 cm³/mol. The van der Waals surface area contributed by atoms with Crippen LogP contribution in [0, 0.1) is 0 Å². The predicted octanol–water partition coefficient (Wildman–Crippen LogP) is 5.53. The number of rotatable bonds is 8. The third kappa shape index (κ3) is 8.47. The van der Waals surface area contributed by atoms with E-state index in [0.29, 0.717) is 6.61 Å². The van der Waals surface area contributed by atoms with E-state index in [0.717, 1.165) is 72.0 Å². The van der Waals surface area contributed by atoms with Crippen LogP contribution in [0.25, 0.3) is 11.4 Å². The molecule has 4 rings (SSSR count). The molecule has 2 N–H and O–H groups in total. The van der Waals surface area contributed by atoms with Crippen LogP contribution in [0.2, 0.25) is 0 Å². The number of aromatic nitrogens is 1. The lowest BCUT2D eigenvalue weighted by Gasteiger charge is -2.18. The van der Waals surface area contributed by atoms with Crippen LogP contribution in [0.15, 0.2) is 71.9 Å². The first-order chi connectivity index (χ1) is 17.6. The second kappa shape index (κ2) is 15.0. The fourth-order valence-electron chi connectivity index (χ4n) is 3.63. The van der Waals surface area contributed by atoms with Crippen molar-refractivity contribution in [1.82, 2.24) is 10.3 Å². The molecule has 7 heteroatoms. The molecule has 0 saturated heterocycles. The molecule has 6 nitrogen and oxygen atoms in total. The Morgan fingerprint density at radius 1 is 1.00 bits per heavy atom. The summed E-state index contributed by atoms with van der Waals surface area (Å²) in [5, 5.41) is 8.12. The number of nitrogens with zero attached hydrogens (tertiary/aromatic N) is 2. The van der Waals surface area contributed by atoms with Crippen LogP contribution in [-0.4, -0.2) is 38.5 Å². The van der Waals surface area contributed by atoms with Crippen LogP contribution in [0.3, 0.4) is 0 Å². The first-order valence-electron chi connectivity index (χ1n) is 12.3. The molecule has 0 amide bonds. The van der Waals surface area contributed by atoms with Gasteiger partial charge in [-0.1, -0.05) is 43.3 Å². The summed E-state index contributed by atoms with van der Waals surface area (Å²) in [5.74, 6) is 1.78. The number of aliphatic imine (C=N–C) groups is 1.